The number of nitrogens with zero attached hydrogens (tertiary/aromatic N) is 4. The molecule has 0 aliphatic carbocycles. The van der Waals surface area contributed by atoms with Crippen molar-refractivity contribution in [1.82, 2.24) is 30.2 Å². The lowest BCUT2D eigenvalue weighted by molar-refractivity contribution is -0.347. The van der Waals surface area contributed by atoms with Crippen molar-refractivity contribution in [3.8, 4) is 0 Å². The van der Waals surface area contributed by atoms with E-state index in [4.69, 9.17) is 15.6 Å². The number of aliphatic hydroxyl groups is 3. The number of nitrogens with one attached hydrogen (secondary N) is 2. The highest BCUT2D eigenvalue weighted by Gasteiger charge is 2.47. The lowest BCUT2D eigenvalue weighted by Gasteiger charge is -2.36. The number of nitrogen functional groups attached to an aromatic ring is 1. The van der Waals surface area contributed by atoms with E-state index in [2.05, 4.69) is 43.5 Å². The zero-order chi connectivity index (χ0) is 42.2. The molecule has 2 aromatic rings. The van der Waals surface area contributed by atoms with Crippen molar-refractivity contribution in [3.63, 3.8) is 0 Å². The lowest BCUT2D eigenvalue weighted by Crippen LogP contribution is -2.46. The van der Waals surface area contributed by atoms with Gasteiger partial charge in [-0.05, 0) is 0 Å². The van der Waals surface area contributed by atoms with E-state index < -0.39 is 108 Å². The molecule has 1 saturated heterocycles. The summed E-state index contributed by atoms with van der Waals surface area (Å²) in [6.07, 6.45) is -10.5. The molecule has 1 aliphatic heterocycles. The van der Waals surface area contributed by atoms with Crippen molar-refractivity contribution in [1.29, 1.82) is 0 Å². The van der Waals surface area contributed by atoms with Gasteiger partial charge in [-0.1, -0.05) is 25.6 Å². The Labute approximate surface area is 319 Å². The number of aliphatic hydroxyl groups excluding tert-OH is 3. The number of phosphoric ester groups is 3. The van der Waals surface area contributed by atoms with E-state index in [0.717, 1.165) is 31.1 Å². The van der Waals surface area contributed by atoms with Crippen LogP contribution in [0.3, 0.4) is 0 Å². The summed E-state index contributed by atoms with van der Waals surface area (Å²) in [6.45, 7) is -0.400. The minimum absolute atomic E-state index is 0.0264. The Hall–Kier alpha value is -3.01. The number of hydrogen-bond acceptors (Lipinski definition) is 25. The molecule has 3 rings (SSSR count). The van der Waals surface area contributed by atoms with Crippen molar-refractivity contribution >= 4 is 75.1 Å². The number of carbonyl (C=O) groups is 4. The fourth-order valence-corrected chi connectivity index (χ4v) is 8.02. The van der Waals surface area contributed by atoms with Gasteiger partial charge >= 0.3 is 0 Å². The minimum atomic E-state index is -5.94. The number of aliphatic carboxylic acids is 1. The Bertz CT molecular complexity index is 1880. The zero-order valence-corrected chi connectivity index (χ0v) is 32.5. The molecule has 2 aromatic heterocycles. The summed E-state index contributed by atoms with van der Waals surface area (Å²) in [5, 5.41) is 44.8. The Balaban J connectivity index is 1.48. The zero-order valence-electron chi connectivity index (χ0n) is 29.0. The van der Waals surface area contributed by atoms with Crippen LogP contribution in [0.4, 0.5) is 5.82 Å². The maximum Gasteiger partial charge on any atom is 0.274 e. The van der Waals surface area contributed by atoms with Crippen LogP contribution in [0.1, 0.15) is 32.9 Å². The second kappa shape index (κ2) is 19.6. The van der Waals surface area contributed by atoms with Crippen LogP contribution >= 0.6 is 35.2 Å². The van der Waals surface area contributed by atoms with Gasteiger partial charge in [0, 0.05) is 37.1 Å². The highest BCUT2D eigenvalue weighted by molar-refractivity contribution is 8.13. The molecular weight excluding hydrogens is 843 g/mol. The summed E-state index contributed by atoms with van der Waals surface area (Å²) in [5.74, 6) is -3.55. The first-order valence-corrected chi connectivity index (χ1v) is 21.1. The third kappa shape index (κ3) is 14.1. The monoisotopic (exact) mass is 878 g/mol. The van der Waals surface area contributed by atoms with Crippen molar-refractivity contribution < 1.29 is 95.5 Å². The average molecular weight is 879 g/mol. The number of imidazole rings is 1. The number of hydrogen-bond donors (Lipinski definition) is 6. The van der Waals surface area contributed by atoms with Crippen LogP contribution in [-0.4, -0.2) is 120 Å². The summed E-state index contributed by atoms with van der Waals surface area (Å²) < 4.78 is 60.2. The van der Waals surface area contributed by atoms with Crippen LogP contribution in [-0.2, 0) is 55.5 Å². The van der Waals surface area contributed by atoms with E-state index in [1.54, 1.807) is 0 Å². The number of thioether (sulfide) groups is 1. The lowest BCUT2D eigenvalue weighted by atomic mass is 9.87. The Morgan fingerprint density at radius 2 is 1.71 bits per heavy atom. The molecule has 4 unspecified atom stereocenters. The molecule has 0 spiro atoms. The third-order valence-corrected chi connectivity index (χ3v) is 11.3. The van der Waals surface area contributed by atoms with E-state index >= 15 is 0 Å². The van der Waals surface area contributed by atoms with Crippen LogP contribution in [0, 0.1) is 5.41 Å². The molecule has 8 atom stereocenters. The van der Waals surface area contributed by atoms with Crippen LogP contribution in [0.15, 0.2) is 12.7 Å². The van der Waals surface area contributed by atoms with Gasteiger partial charge in [-0.2, -0.15) is 0 Å². The number of anilines is 1. The van der Waals surface area contributed by atoms with Crippen molar-refractivity contribution in [3.05, 3.63) is 12.7 Å². The van der Waals surface area contributed by atoms with Gasteiger partial charge in [0.1, 0.15) is 42.4 Å². The number of amides is 2. The van der Waals surface area contributed by atoms with Crippen LogP contribution < -0.4 is 41.0 Å². The van der Waals surface area contributed by atoms with Crippen molar-refractivity contribution in [2.45, 2.75) is 63.4 Å². The first-order chi connectivity index (χ1) is 25.8. The molecule has 0 bridgehead atoms. The summed E-state index contributed by atoms with van der Waals surface area (Å²) in [7, 11) is -17.7. The molecular formula is C25H35N7O20P3S-5. The number of ether oxygens (including phenoxy) is 1. The van der Waals surface area contributed by atoms with Gasteiger partial charge in [0.15, 0.2) is 22.8 Å². The quantitative estimate of drug-likeness (QED) is 0.0473. The first-order valence-electron chi connectivity index (χ1n) is 15.7. The summed E-state index contributed by atoms with van der Waals surface area (Å²) in [4.78, 5) is 106. The number of fused-ring (bicyclic) bond motifs is 1. The fourth-order valence-electron chi connectivity index (χ4n) is 4.57. The van der Waals surface area contributed by atoms with E-state index in [1.165, 1.54) is 0 Å². The summed E-state index contributed by atoms with van der Waals surface area (Å²) >= 11 is 0.653. The summed E-state index contributed by atoms with van der Waals surface area (Å²) in [6, 6.07) is 0. The minimum Gasteiger partial charge on any atom is -0.790 e. The molecule has 3 heterocycles. The molecule has 1 aliphatic rings. The molecule has 2 amide bonds. The molecule has 7 N–H and O–H groups in total. The van der Waals surface area contributed by atoms with Gasteiger partial charge in [-0.15, -0.1) is 0 Å². The average Bonchev–Trinajstić information content (AvgIpc) is 3.64. The van der Waals surface area contributed by atoms with E-state index in [9.17, 15) is 67.8 Å². The smallest absolute Gasteiger partial charge is 0.274 e. The highest BCUT2D eigenvalue weighted by atomic mass is 32.2. The highest BCUT2D eigenvalue weighted by Crippen LogP contribution is 2.56. The van der Waals surface area contributed by atoms with Gasteiger partial charge in [-0.25, -0.2) is 19.3 Å². The molecule has 316 valence electrons. The molecule has 27 nitrogen and oxygen atoms in total. The van der Waals surface area contributed by atoms with E-state index in [1.807, 2.05) is 0 Å². The second-order valence-electron chi connectivity index (χ2n) is 12.2. The molecule has 0 aromatic carbocycles. The van der Waals surface area contributed by atoms with Crippen molar-refractivity contribution in [2.75, 3.05) is 37.8 Å². The standard InChI is InChI=1S/C25H40N7O20P3S/c1-25(2,19(37)22(38)28-4-3-14(34)27-5-6-56-15(35)7-12(33)24(39)40)9-49-55(46,47)52-54(44,45)48-8-13-18(51-53(41,42)43)17(36)23(50-13)32-11-31-16-20(26)29-10-30-21(16)32/h10-13,17-19,23,33,36-37H,3-9H2,1-2H3,(H,27,34)(H,28,38)(H,39,40)(H,44,45)(H,46,47)(H2,26,29,30)(H2,41,42,43)/p-5/t12?,13-,17-,18-,19?,23-/m1/s1. The molecule has 31 heteroatoms. The normalized spacial score (nSPS) is 22.2. The number of carboxylic acids is 1. The first kappa shape index (κ1) is 47.4. The van der Waals surface area contributed by atoms with Crippen molar-refractivity contribution in [2.24, 2.45) is 5.41 Å². The molecule has 1 fully saturated rings. The predicted molar refractivity (Wildman–Crippen MR) is 174 cm³/mol. The van der Waals surface area contributed by atoms with Gasteiger partial charge in [0.2, 0.25) is 11.8 Å². The summed E-state index contributed by atoms with van der Waals surface area (Å²) in [5.41, 5.74) is 3.96. The van der Waals surface area contributed by atoms with E-state index in [-0.39, 0.29) is 42.2 Å². The van der Waals surface area contributed by atoms with Gasteiger partial charge in [0.05, 0.1) is 33.3 Å². The van der Waals surface area contributed by atoms with E-state index in [0.29, 0.717) is 11.8 Å². The topological polar surface area (TPSA) is 435 Å². The SMILES string of the molecule is CC(C)(COP(=O)([O-])OP(=O)([O-])OC[C@H]1O[C@@H](n2cnc3c(N)ncnc32)[C@H](O)[C@@H]1OP(=O)([O-])[O-])C(O)C(=O)NCCC(=O)NCCSC(=O)CC(O)C(=O)[O-]. The van der Waals surface area contributed by atoms with Gasteiger partial charge < -0.3 is 84.0 Å². The Morgan fingerprint density at radius 3 is 2.36 bits per heavy atom. The number of phosphoric acid groups is 3. The molecule has 0 saturated carbocycles. The van der Waals surface area contributed by atoms with Crippen LogP contribution in [0.5, 0.6) is 0 Å². The maximum atomic E-state index is 12.5. The van der Waals surface area contributed by atoms with Gasteiger partial charge in [-0.3, -0.25) is 28.1 Å². The van der Waals surface area contributed by atoms with Crippen LogP contribution in [0.25, 0.3) is 11.2 Å². The Morgan fingerprint density at radius 1 is 1.05 bits per heavy atom. The number of nitrogens with two attached hydrogens (primary N) is 1. The number of aromatic nitrogens is 4. The number of rotatable bonds is 22. The molecule has 56 heavy (non-hydrogen) atoms. The number of carbonyl (C=O) groups excluding carboxylic acids is 4. The third-order valence-electron chi connectivity index (χ3n) is 7.37. The molecule has 0 radical (unpaired) electrons. The van der Waals surface area contributed by atoms with Crippen LogP contribution in [0.2, 0.25) is 0 Å². The predicted octanol–water partition coefficient (Wildman–Crippen LogP) is -6.36. The maximum absolute atomic E-state index is 12.5. The number of carboxylic acid groups (broad SMARTS) is 1. The fraction of sp³-hybridized carbons (Fsp3) is 0.640. The largest absolute Gasteiger partial charge is 0.790 e. The second-order valence-corrected chi connectivity index (χ2v) is 17.5. The van der Waals surface area contributed by atoms with Gasteiger partial charge in [0.25, 0.3) is 15.6 Å². The Kier molecular flexibility index (Phi) is 16.6.